The van der Waals surface area contributed by atoms with E-state index in [1.165, 1.54) is 0 Å². The number of tetrazole rings is 1. The van der Waals surface area contributed by atoms with E-state index in [-0.39, 0.29) is 11.6 Å². The van der Waals surface area contributed by atoms with Gasteiger partial charge in [0, 0.05) is 12.1 Å². The van der Waals surface area contributed by atoms with Crippen molar-refractivity contribution < 1.29 is 4.79 Å². The van der Waals surface area contributed by atoms with Gasteiger partial charge in [-0.1, -0.05) is 29.8 Å². The van der Waals surface area contributed by atoms with Crippen LogP contribution in [-0.4, -0.2) is 36.7 Å². The van der Waals surface area contributed by atoms with Crippen LogP contribution in [0, 0.1) is 6.92 Å². The van der Waals surface area contributed by atoms with Gasteiger partial charge in [-0.05, 0) is 23.8 Å². The molecule has 0 unspecified atom stereocenters. The molecule has 0 aliphatic rings. The molecule has 3 aromatic rings. The third kappa shape index (κ3) is 2.82. The number of H-pyrrole nitrogens is 2. The summed E-state index contributed by atoms with van der Waals surface area (Å²) in [7, 11) is 0. The van der Waals surface area contributed by atoms with Gasteiger partial charge in [0.1, 0.15) is 0 Å². The predicted octanol–water partition coefficient (Wildman–Crippen LogP) is 1.48. The lowest BCUT2D eigenvalue weighted by atomic mass is 10.1. The highest BCUT2D eigenvalue weighted by molar-refractivity contribution is 6.34. The highest BCUT2D eigenvalue weighted by atomic mass is 35.5. The van der Waals surface area contributed by atoms with Crippen molar-refractivity contribution in [3.8, 4) is 11.4 Å². The molecule has 0 aliphatic carbocycles. The summed E-state index contributed by atoms with van der Waals surface area (Å²) in [5, 5.41) is 23.4. The molecule has 3 N–H and O–H groups in total. The molecule has 0 bridgehead atoms. The van der Waals surface area contributed by atoms with Crippen LogP contribution >= 0.6 is 11.6 Å². The molecule has 0 aliphatic heterocycles. The van der Waals surface area contributed by atoms with Crippen LogP contribution in [-0.2, 0) is 6.54 Å². The number of benzene rings is 1. The van der Waals surface area contributed by atoms with Crippen molar-refractivity contribution in [2.75, 3.05) is 0 Å². The maximum Gasteiger partial charge on any atom is 0.273 e. The Morgan fingerprint density at radius 1 is 1.36 bits per heavy atom. The molecule has 2 aromatic heterocycles. The molecule has 3 rings (SSSR count). The van der Waals surface area contributed by atoms with Gasteiger partial charge in [-0.2, -0.15) is 10.3 Å². The van der Waals surface area contributed by atoms with Crippen molar-refractivity contribution >= 4 is 17.5 Å². The minimum Gasteiger partial charge on any atom is -0.347 e. The van der Waals surface area contributed by atoms with Crippen LogP contribution in [0.5, 0.6) is 0 Å². The largest absolute Gasteiger partial charge is 0.347 e. The minimum absolute atomic E-state index is 0.188. The van der Waals surface area contributed by atoms with E-state index in [9.17, 15) is 4.79 Å². The zero-order chi connectivity index (χ0) is 15.5. The summed E-state index contributed by atoms with van der Waals surface area (Å²) in [6.45, 7) is 2.09. The van der Waals surface area contributed by atoms with Crippen LogP contribution in [0.3, 0.4) is 0 Å². The molecule has 8 nitrogen and oxygen atoms in total. The van der Waals surface area contributed by atoms with E-state index in [0.717, 1.165) is 11.1 Å². The summed E-state index contributed by atoms with van der Waals surface area (Å²) in [4.78, 5) is 12.0. The van der Waals surface area contributed by atoms with Crippen molar-refractivity contribution in [3.05, 3.63) is 46.2 Å². The number of nitrogens with zero attached hydrogens (tertiary/aromatic N) is 4. The predicted molar refractivity (Wildman–Crippen MR) is 79.1 cm³/mol. The summed E-state index contributed by atoms with van der Waals surface area (Å²) >= 11 is 6.00. The molecular formula is C13H12ClN7O. The fourth-order valence-electron chi connectivity index (χ4n) is 1.94. The highest BCUT2D eigenvalue weighted by Gasteiger charge is 2.15. The van der Waals surface area contributed by atoms with Crippen molar-refractivity contribution in [1.82, 2.24) is 36.1 Å². The Labute approximate surface area is 130 Å². The first kappa shape index (κ1) is 14.2. The summed E-state index contributed by atoms with van der Waals surface area (Å²) in [5.74, 6) is 0.165. The molecule has 112 valence electrons. The number of halogens is 1. The zero-order valence-corrected chi connectivity index (χ0v) is 12.3. The normalized spacial score (nSPS) is 10.6. The Morgan fingerprint density at radius 2 is 2.23 bits per heavy atom. The molecule has 0 saturated heterocycles. The quantitative estimate of drug-likeness (QED) is 0.674. The molecule has 9 heteroatoms. The van der Waals surface area contributed by atoms with E-state index in [1.54, 1.807) is 6.92 Å². The number of aromatic amines is 2. The number of hydrogen-bond donors (Lipinski definition) is 3. The Kier molecular flexibility index (Phi) is 3.84. The lowest BCUT2D eigenvalue weighted by Crippen LogP contribution is -2.23. The molecule has 22 heavy (non-hydrogen) atoms. The average molecular weight is 318 g/mol. The number of hydrogen-bond acceptors (Lipinski definition) is 5. The minimum atomic E-state index is -0.334. The van der Waals surface area contributed by atoms with Crippen molar-refractivity contribution in [2.45, 2.75) is 13.5 Å². The van der Waals surface area contributed by atoms with Gasteiger partial charge < -0.3 is 5.32 Å². The second-order valence-corrected chi connectivity index (χ2v) is 5.01. The summed E-state index contributed by atoms with van der Waals surface area (Å²) in [6, 6.07) is 7.49. The third-order valence-electron chi connectivity index (χ3n) is 3.07. The Bertz CT molecular complexity index is 797. The fourth-order valence-corrected chi connectivity index (χ4v) is 2.11. The second-order valence-electron chi connectivity index (χ2n) is 4.63. The van der Waals surface area contributed by atoms with E-state index in [2.05, 4.69) is 36.1 Å². The SMILES string of the molecule is Cc1[nH]nc(C(=O)NCc2cccc(-c3nn[nH]n3)c2)c1Cl. The Balaban J connectivity index is 1.70. The lowest BCUT2D eigenvalue weighted by molar-refractivity contribution is 0.0946. The maximum atomic E-state index is 12.0. The van der Waals surface area contributed by atoms with Crippen LogP contribution in [0.2, 0.25) is 5.02 Å². The van der Waals surface area contributed by atoms with Gasteiger partial charge in [0.15, 0.2) is 5.69 Å². The van der Waals surface area contributed by atoms with Crippen molar-refractivity contribution in [3.63, 3.8) is 0 Å². The van der Waals surface area contributed by atoms with Gasteiger partial charge in [-0.3, -0.25) is 9.89 Å². The van der Waals surface area contributed by atoms with Gasteiger partial charge in [0.25, 0.3) is 5.91 Å². The number of amides is 1. The molecule has 0 fully saturated rings. The number of carbonyl (C=O) groups excluding carboxylic acids is 1. The molecule has 1 amide bonds. The van der Waals surface area contributed by atoms with Gasteiger partial charge in [0.2, 0.25) is 5.82 Å². The monoisotopic (exact) mass is 317 g/mol. The molecular weight excluding hydrogens is 306 g/mol. The first-order valence-electron chi connectivity index (χ1n) is 6.46. The first-order valence-corrected chi connectivity index (χ1v) is 6.84. The Morgan fingerprint density at radius 3 is 2.91 bits per heavy atom. The van der Waals surface area contributed by atoms with Crippen LogP contribution in [0.4, 0.5) is 0 Å². The van der Waals surface area contributed by atoms with E-state index in [4.69, 9.17) is 11.6 Å². The fraction of sp³-hybridized carbons (Fsp3) is 0.154. The second kappa shape index (κ2) is 5.94. The lowest BCUT2D eigenvalue weighted by Gasteiger charge is -2.05. The topological polar surface area (TPSA) is 112 Å². The van der Waals surface area contributed by atoms with E-state index >= 15 is 0 Å². The summed E-state index contributed by atoms with van der Waals surface area (Å²) < 4.78 is 0. The molecule has 1 aromatic carbocycles. The molecule has 0 spiro atoms. The first-order chi connectivity index (χ1) is 10.6. The van der Waals surface area contributed by atoms with Gasteiger partial charge in [-0.25, -0.2) is 0 Å². The standard InChI is InChI=1S/C13H12ClN7O/c1-7-10(14)11(17-16-7)13(22)15-6-8-3-2-4-9(5-8)12-18-20-21-19-12/h2-5H,6H2,1H3,(H,15,22)(H,16,17)(H,18,19,20,21). The van der Waals surface area contributed by atoms with Crippen LogP contribution in [0.25, 0.3) is 11.4 Å². The van der Waals surface area contributed by atoms with Crippen LogP contribution < -0.4 is 5.32 Å². The number of rotatable bonds is 4. The molecule has 0 radical (unpaired) electrons. The number of aryl methyl sites for hydroxylation is 1. The molecule has 2 heterocycles. The van der Waals surface area contributed by atoms with E-state index < -0.39 is 0 Å². The average Bonchev–Trinajstić information content (AvgIpc) is 3.17. The number of nitrogens with one attached hydrogen (secondary N) is 3. The van der Waals surface area contributed by atoms with Crippen LogP contribution in [0.1, 0.15) is 21.7 Å². The van der Waals surface area contributed by atoms with E-state index in [1.807, 2.05) is 24.3 Å². The summed E-state index contributed by atoms with van der Waals surface area (Å²) in [6.07, 6.45) is 0. The van der Waals surface area contributed by atoms with Crippen LogP contribution in [0.15, 0.2) is 24.3 Å². The van der Waals surface area contributed by atoms with Gasteiger partial charge >= 0.3 is 0 Å². The zero-order valence-electron chi connectivity index (χ0n) is 11.6. The molecule has 0 saturated carbocycles. The maximum absolute atomic E-state index is 12.0. The summed E-state index contributed by atoms with van der Waals surface area (Å²) in [5.41, 5.74) is 2.56. The van der Waals surface area contributed by atoms with Gasteiger partial charge in [0.05, 0.1) is 10.7 Å². The molecule has 0 atom stereocenters. The Hall–Kier alpha value is -2.74. The van der Waals surface area contributed by atoms with Crippen molar-refractivity contribution in [2.24, 2.45) is 0 Å². The third-order valence-corrected chi connectivity index (χ3v) is 3.53. The number of aromatic nitrogens is 6. The number of carbonyl (C=O) groups is 1. The smallest absolute Gasteiger partial charge is 0.273 e. The van der Waals surface area contributed by atoms with E-state index in [0.29, 0.717) is 23.1 Å². The highest BCUT2D eigenvalue weighted by Crippen LogP contribution is 2.18. The van der Waals surface area contributed by atoms with Gasteiger partial charge in [-0.15, -0.1) is 10.2 Å². The van der Waals surface area contributed by atoms with Crippen molar-refractivity contribution in [1.29, 1.82) is 0 Å².